The fraction of sp³-hybridized carbons (Fsp3) is 0.731. The molecule has 0 aliphatic heterocycles. The fourth-order valence-electron chi connectivity index (χ4n) is 3.60. The van der Waals surface area contributed by atoms with E-state index in [1.165, 1.54) is 11.5 Å². The fourth-order valence-corrected chi connectivity index (χ4v) is 3.60. The zero-order valence-electron chi connectivity index (χ0n) is 21.3. The minimum atomic E-state index is 0. The van der Waals surface area contributed by atoms with E-state index in [9.17, 15) is 0 Å². The quantitative estimate of drug-likeness (QED) is 0.461. The van der Waals surface area contributed by atoms with Crippen molar-refractivity contribution in [2.24, 2.45) is 27.1 Å². The Morgan fingerprint density at radius 2 is 1.04 bits per heavy atom. The summed E-state index contributed by atoms with van der Waals surface area (Å²) in [6.45, 7) is 33.3. The Bertz CT molecular complexity index is 539. The van der Waals surface area contributed by atoms with Crippen LogP contribution in [0.25, 0.3) is 0 Å². The third-order valence-corrected chi connectivity index (χ3v) is 8.70. The Balaban J connectivity index is 0. The van der Waals surface area contributed by atoms with E-state index in [1.807, 2.05) is 24.3 Å². The van der Waals surface area contributed by atoms with Crippen molar-refractivity contribution in [3.05, 3.63) is 41.8 Å². The molecule has 1 heteroatoms. The molecule has 0 saturated carbocycles. The second-order valence-corrected chi connectivity index (χ2v) is 11.3. The molecule has 0 amide bonds. The van der Waals surface area contributed by atoms with Crippen LogP contribution in [0, 0.1) is 46.0 Å². The summed E-state index contributed by atoms with van der Waals surface area (Å²) in [5, 5.41) is 0. The van der Waals surface area contributed by atoms with Crippen LogP contribution in [0.2, 0.25) is 0 Å². The first-order valence-corrected chi connectivity index (χ1v) is 10.1. The van der Waals surface area contributed by atoms with Gasteiger partial charge in [-0.2, -0.15) is 55.2 Å². The smallest absolute Gasteiger partial charge is 0.314 e. The van der Waals surface area contributed by atoms with E-state index in [-0.39, 0.29) is 78.5 Å². The van der Waals surface area contributed by atoms with Gasteiger partial charge in [-0.05, 0) is 16.2 Å². The van der Waals surface area contributed by atoms with E-state index in [0.717, 1.165) is 0 Å². The van der Waals surface area contributed by atoms with Gasteiger partial charge in [-0.15, -0.1) is 0 Å². The summed E-state index contributed by atoms with van der Waals surface area (Å²) < 4.78 is 0. The van der Waals surface area contributed by atoms with Gasteiger partial charge in [-0.25, -0.2) is 0 Å². The van der Waals surface area contributed by atoms with Crippen LogP contribution in [-0.2, 0) is 0 Å². The molecule has 0 radical (unpaired) electrons. The first kappa shape index (κ1) is 30.1. The van der Waals surface area contributed by atoms with E-state index in [1.54, 1.807) is 0 Å². The predicted octanol–water partition coefficient (Wildman–Crippen LogP) is 5.55. The van der Waals surface area contributed by atoms with Crippen molar-refractivity contribution in [2.75, 3.05) is 0 Å². The molecule has 1 rings (SSSR count). The summed E-state index contributed by atoms with van der Waals surface area (Å²) in [6, 6.07) is 10.8. The third-order valence-electron chi connectivity index (χ3n) is 8.70. The number of hydrogen-bond acceptors (Lipinski definition) is 0. The molecular weight excluding hydrogens is 351 g/mol. The molecule has 0 N–H and O–H groups in total. The van der Waals surface area contributed by atoms with Gasteiger partial charge >= 0.3 is 51.4 Å². The van der Waals surface area contributed by atoms with E-state index in [2.05, 4.69) is 103 Å². The van der Waals surface area contributed by atoms with Gasteiger partial charge < -0.3 is 5.92 Å². The number of rotatable bonds is 4. The average Bonchev–Trinajstić information content (AvgIpc) is 2.46. The van der Waals surface area contributed by atoms with Crippen molar-refractivity contribution in [3.63, 3.8) is 0 Å². The van der Waals surface area contributed by atoms with Gasteiger partial charge in [0.05, 0.1) is 0 Å². The summed E-state index contributed by atoms with van der Waals surface area (Å²) in [4.78, 5) is 0. The zero-order valence-corrected chi connectivity index (χ0v) is 24.4. The monoisotopic (exact) mass is 397 g/mol. The Morgan fingerprint density at radius 1 is 0.667 bits per heavy atom. The largest absolute Gasteiger partial charge is 1.00 e. The van der Waals surface area contributed by atoms with E-state index in [0.29, 0.717) is 0 Å². The van der Waals surface area contributed by atoms with Crippen molar-refractivity contribution < 1.29 is 51.4 Å². The number of benzene rings is 1. The predicted molar refractivity (Wildman–Crippen MR) is 119 cm³/mol. The standard InChI is InChI=1S/C19H39.C7H7.K/c1-14(2)16(6,7)18(10,11)19(12,13)17(8,9)15(3,4)5;1-7-5-3-2-4-6-7;/h1-13H3;3-6H,1H3;/q2*-1;+1. The van der Waals surface area contributed by atoms with Crippen molar-refractivity contribution in [2.45, 2.75) is 96.9 Å². The molecule has 0 heterocycles. The minimum absolute atomic E-state index is 0. The molecule has 27 heavy (non-hydrogen) atoms. The molecular formula is C26H46K-. The normalized spacial score (nSPS) is 13.6. The molecule has 1 aromatic carbocycles. The van der Waals surface area contributed by atoms with Crippen molar-refractivity contribution in [1.29, 1.82) is 0 Å². The van der Waals surface area contributed by atoms with E-state index >= 15 is 0 Å². The molecule has 0 aliphatic rings. The van der Waals surface area contributed by atoms with Crippen molar-refractivity contribution in [3.8, 4) is 0 Å². The van der Waals surface area contributed by atoms with Crippen LogP contribution < -0.4 is 51.4 Å². The molecule has 0 aromatic heterocycles. The van der Waals surface area contributed by atoms with Gasteiger partial charge in [0, 0.05) is 0 Å². The second kappa shape index (κ2) is 10.2. The molecule has 0 fully saturated rings. The Kier molecular flexibility index (Phi) is 11.4. The van der Waals surface area contributed by atoms with E-state index in [4.69, 9.17) is 0 Å². The van der Waals surface area contributed by atoms with Crippen molar-refractivity contribution >= 4 is 0 Å². The molecule has 0 nitrogen and oxygen atoms in total. The van der Waals surface area contributed by atoms with Crippen molar-refractivity contribution in [1.82, 2.24) is 0 Å². The van der Waals surface area contributed by atoms with Gasteiger partial charge in [0.1, 0.15) is 0 Å². The summed E-state index contributed by atoms with van der Waals surface area (Å²) in [6.07, 6.45) is 0. The molecule has 0 spiro atoms. The average molecular weight is 398 g/mol. The molecule has 1 aromatic rings. The molecule has 0 atom stereocenters. The topological polar surface area (TPSA) is 0 Å². The SMILES string of the molecule is C[C-](C)C(C)(C)C(C)(C)C(C)(C)C(C)(C)C(C)(C)C.Cc1cc[c-]cc1.[K+]. The second-order valence-electron chi connectivity index (χ2n) is 11.3. The summed E-state index contributed by atoms with van der Waals surface area (Å²) in [5.74, 6) is 1.52. The van der Waals surface area contributed by atoms with Gasteiger partial charge in [-0.3, -0.25) is 0 Å². The van der Waals surface area contributed by atoms with Crippen LogP contribution in [0.15, 0.2) is 24.3 Å². The first-order valence-electron chi connectivity index (χ1n) is 10.1. The van der Waals surface area contributed by atoms with Crippen LogP contribution in [-0.4, -0.2) is 0 Å². The maximum atomic E-state index is 2.93. The van der Waals surface area contributed by atoms with Crippen LogP contribution in [0.3, 0.4) is 0 Å². The number of hydrogen-bond donors (Lipinski definition) is 0. The van der Waals surface area contributed by atoms with Gasteiger partial charge in [-0.1, -0.05) is 88.5 Å². The zero-order chi connectivity index (χ0) is 21.2. The Hall–Kier alpha value is 0.856. The third kappa shape index (κ3) is 6.42. The summed E-state index contributed by atoms with van der Waals surface area (Å²) in [7, 11) is 0. The Morgan fingerprint density at radius 3 is 1.26 bits per heavy atom. The maximum Gasteiger partial charge on any atom is 1.00 e. The molecule has 0 unspecified atom stereocenters. The Labute approximate surface area is 215 Å². The van der Waals surface area contributed by atoms with Gasteiger partial charge in [0.2, 0.25) is 0 Å². The summed E-state index contributed by atoms with van der Waals surface area (Å²) >= 11 is 0. The first-order chi connectivity index (χ1) is 11.3. The maximum absolute atomic E-state index is 2.93. The van der Waals surface area contributed by atoms with Crippen LogP contribution in [0.5, 0.6) is 0 Å². The van der Waals surface area contributed by atoms with Crippen LogP contribution in [0.1, 0.15) is 95.6 Å². The molecule has 0 saturated heterocycles. The van der Waals surface area contributed by atoms with E-state index < -0.39 is 0 Å². The number of aryl methyl sites for hydroxylation is 1. The van der Waals surface area contributed by atoms with Gasteiger partial charge in [0.25, 0.3) is 0 Å². The van der Waals surface area contributed by atoms with Gasteiger partial charge in [0.15, 0.2) is 0 Å². The minimum Gasteiger partial charge on any atom is -0.314 e. The van der Waals surface area contributed by atoms with Crippen LogP contribution in [0.4, 0.5) is 0 Å². The molecule has 0 bridgehead atoms. The molecule has 152 valence electrons. The van der Waals surface area contributed by atoms with Crippen LogP contribution >= 0.6 is 0 Å². The summed E-state index contributed by atoms with van der Waals surface area (Å²) in [5.41, 5.74) is 2.48. The molecule has 0 aliphatic carbocycles.